The van der Waals surface area contributed by atoms with Gasteiger partial charge < -0.3 is 14.6 Å². The third-order valence-electron chi connectivity index (χ3n) is 4.54. The zero-order chi connectivity index (χ0) is 23.1. The third kappa shape index (κ3) is 8.28. The molecule has 0 bridgehead atoms. The second kappa shape index (κ2) is 11.9. The Bertz CT molecular complexity index is 1110. The van der Waals surface area contributed by atoms with Gasteiger partial charge in [-0.1, -0.05) is 36.4 Å². The fourth-order valence-corrected chi connectivity index (χ4v) is 2.91. The first-order valence-electron chi connectivity index (χ1n) is 9.76. The summed E-state index contributed by atoms with van der Waals surface area (Å²) in [5, 5.41) is 8.97. The van der Waals surface area contributed by atoms with E-state index in [2.05, 4.69) is 0 Å². The second-order valence-electron chi connectivity index (χ2n) is 7.08. The number of carboxylic acids is 1. The van der Waals surface area contributed by atoms with Gasteiger partial charge in [-0.15, -0.1) is 0 Å². The van der Waals surface area contributed by atoms with Crippen LogP contribution in [-0.2, 0) is 17.4 Å². The van der Waals surface area contributed by atoms with Crippen molar-refractivity contribution in [3.05, 3.63) is 95.1 Å². The number of ether oxygens (including phenoxy) is 2. The molecule has 0 fully saturated rings. The molecule has 0 spiro atoms. The number of halogens is 3. The molecule has 0 aromatic heterocycles. The molecule has 0 aliphatic carbocycles. The van der Waals surface area contributed by atoms with Gasteiger partial charge in [0.25, 0.3) is 0 Å². The van der Waals surface area contributed by atoms with Crippen LogP contribution in [0.3, 0.4) is 0 Å². The van der Waals surface area contributed by atoms with E-state index in [-0.39, 0.29) is 42.6 Å². The molecule has 0 unspecified atom stereocenters. The van der Waals surface area contributed by atoms with Crippen molar-refractivity contribution in [1.82, 2.24) is 0 Å². The number of hydrogen-bond donors (Lipinski definition) is 1. The molecular formula is C25H22F3NaO4. The number of alkyl halides is 3. The summed E-state index contributed by atoms with van der Waals surface area (Å²) in [5.74, 6) is 0.728. The molecule has 3 rings (SSSR count). The molecular weight excluding hydrogens is 444 g/mol. The molecule has 0 heterocycles. The van der Waals surface area contributed by atoms with Crippen LogP contribution in [0.4, 0.5) is 13.2 Å². The van der Waals surface area contributed by atoms with E-state index in [1.807, 2.05) is 6.92 Å². The van der Waals surface area contributed by atoms with Crippen LogP contribution in [0.1, 0.15) is 22.3 Å². The number of rotatable bonds is 8. The van der Waals surface area contributed by atoms with E-state index in [1.54, 1.807) is 54.6 Å². The van der Waals surface area contributed by atoms with Gasteiger partial charge in [0.05, 0.1) is 12.0 Å². The average Bonchev–Trinajstić information content (AvgIpc) is 2.73. The quantitative estimate of drug-likeness (QED) is 0.422. The topological polar surface area (TPSA) is 55.8 Å². The Balaban J connectivity index is 0.00000385. The summed E-state index contributed by atoms with van der Waals surface area (Å²) in [5.41, 5.74) is 1.45. The van der Waals surface area contributed by atoms with Gasteiger partial charge in [0.15, 0.2) is 0 Å². The van der Waals surface area contributed by atoms with Crippen LogP contribution in [0.25, 0.3) is 6.08 Å². The number of aliphatic carboxylic acids is 1. The molecule has 168 valence electrons. The molecule has 1 N–H and O–H groups in total. The van der Waals surface area contributed by atoms with Crippen molar-refractivity contribution >= 4 is 41.6 Å². The summed E-state index contributed by atoms with van der Waals surface area (Å²) in [6.45, 7) is 2.09. The summed E-state index contributed by atoms with van der Waals surface area (Å²) in [6, 6.07) is 17.1. The monoisotopic (exact) mass is 466 g/mol. The second-order valence-corrected chi connectivity index (χ2v) is 7.08. The molecule has 0 aliphatic heterocycles. The van der Waals surface area contributed by atoms with Crippen molar-refractivity contribution in [2.75, 3.05) is 6.61 Å². The molecule has 3 aromatic carbocycles. The van der Waals surface area contributed by atoms with Crippen LogP contribution in [0.2, 0.25) is 0 Å². The molecule has 0 radical (unpaired) electrons. The van der Waals surface area contributed by atoms with Crippen molar-refractivity contribution in [2.24, 2.45) is 0 Å². The molecule has 0 saturated heterocycles. The fraction of sp³-hybridized carbons (Fsp3) is 0.160. The van der Waals surface area contributed by atoms with Crippen molar-refractivity contribution in [2.45, 2.75) is 19.5 Å². The Labute approximate surface area is 212 Å². The van der Waals surface area contributed by atoms with E-state index in [9.17, 15) is 18.0 Å². The Morgan fingerprint density at radius 1 is 1.00 bits per heavy atom. The Hall–Kier alpha value is -2.74. The first kappa shape index (κ1) is 26.5. The van der Waals surface area contributed by atoms with E-state index >= 15 is 0 Å². The summed E-state index contributed by atoms with van der Waals surface area (Å²) < 4.78 is 49.4. The summed E-state index contributed by atoms with van der Waals surface area (Å²) >= 11 is 0. The number of carbonyl (C=O) groups is 1. The standard InChI is InChI=1S/C25H21F3O4.Na.H/c1-17-7-8-19(15-24(29)30)14-23(17)32-22-6-2-5-21(16-22)31-13-3-4-18-9-11-20(12-10-18)25(26,27)28;;/h2-12,14,16H,13,15H2,1H3,(H,29,30);;/b4-3+;;. The SMILES string of the molecule is Cc1ccc(CC(=O)O)cc1Oc1cccc(OC/C=C/c2ccc(C(F)(F)F)cc2)c1.[NaH]. The third-order valence-corrected chi connectivity index (χ3v) is 4.54. The molecule has 33 heavy (non-hydrogen) atoms. The number of aryl methyl sites for hydroxylation is 1. The number of benzene rings is 3. The van der Waals surface area contributed by atoms with E-state index in [0.29, 0.717) is 28.4 Å². The van der Waals surface area contributed by atoms with Gasteiger partial charge in [0.1, 0.15) is 23.9 Å². The molecule has 0 saturated carbocycles. The Kier molecular flexibility index (Phi) is 9.58. The van der Waals surface area contributed by atoms with Gasteiger partial charge in [-0.3, -0.25) is 4.79 Å². The number of carboxylic acid groups (broad SMARTS) is 1. The molecule has 0 aliphatic rings. The van der Waals surface area contributed by atoms with Crippen LogP contribution >= 0.6 is 0 Å². The number of hydrogen-bond acceptors (Lipinski definition) is 3. The molecule has 8 heteroatoms. The fourth-order valence-electron chi connectivity index (χ4n) is 2.91. The van der Waals surface area contributed by atoms with Crippen LogP contribution in [0.15, 0.2) is 72.8 Å². The van der Waals surface area contributed by atoms with Crippen molar-refractivity contribution in [3.8, 4) is 17.2 Å². The van der Waals surface area contributed by atoms with Crippen LogP contribution in [0, 0.1) is 6.92 Å². The van der Waals surface area contributed by atoms with Crippen LogP contribution in [0.5, 0.6) is 17.2 Å². The zero-order valence-corrected chi connectivity index (χ0v) is 17.2. The summed E-state index contributed by atoms with van der Waals surface area (Å²) in [4.78, 5) is 10.9. The maximum atomic E-state index is 12.6. The zero-order valence-electron chi connectivity index (χ0n) is 17.2. The van der Waals surface area contributed by atoms with Crippen LogP contribution in [-0.4, -0.2) is 47.2 Å². The van der Waals surface area contributed by atoms with Crippen molar-refractivity contribution < 1.29 is 32.5 Å². The minimum atomic E-state index is -4.35. The Morgan fingerprint density at radius 3 is 2.36 bits per heavy atom. The van der Waals surface area contributed by atoms with Crippen LogP contribution < -0.4 is 9.47 Å². The van der Waals surface area contributed by atoms with Crippen molar-refractivity contribution in [3.63, 3.8) is 0 Å². The van der Waals surface area contributed by atoms with E-state index in [1.165, 1.54) is 12.1 Å². The average molecular weight is 466 g/mol. The first-order chi connectivity index (χ1) is 15.2. The van der Waals surface area contributed by atoms with E-state index < -0.39 is 17.7 Å². The minimum absolute atomic E-state index is 0. The van der Waals surface area contributed by atoms with Gasteiger partial charge >= 0.3 is 41.7 Å². The predicted octanol–water partition coefficient (Wildman–Crippen LogP) is 5.88. The van der Waals surface area contributed by atoms with Gasteiger partial charge in [0, 0.05) is 6.07 Å². The Morgan fingerprint density at radius 2 is 1.70 bits per heavy atom. The normalized spacial score (nSPS) is 11.2. The van der Waals surface area contributed by atoms with Gasteiger partial charge in [-0.05, 0) is 60.0 Å². The van der Waals surface area contributed by atoms with E-state index in [0.717, 1.165) is 17.7 Å². The molecule has 4 nitrogen and oxygen atoms in total. The summed E-state index contributed by atoms with van der Waals surface area (Å²) in [7, 11) is 0. The molecule has 0 amide bonds. The predicted molar refractivity (Wildman–Crippen MR) is 122 cm³/mol. The van der Waals surface area contributed by atoms with Gasteiger partial charge in [-0.25, -0.2) is 0 Å². The molecule has 3 aromatic rings. The molecule has 0 atom stereocenters. The maximum absolute atomic E-state index is 12.6. The van der Waals surface area contributed by atoms with Gasteiger partial charge in [0.2, 0.25) is 0 Å². The summed E-state index contributed by atoms with van der Waals surface area (Å²) in [6.07, 6.45) is -1.06. The van der Waals surface area contributed by atoms with E-state index in [4.69, 9.17) is 14.6 Å². The van der Waals surface area contributed by atoms with Crippen molar-refractivity contribution in [1.29, 1.82) is 0 Å². The van der Waals surface area contributed by atoms with Gasteiger partial charge in [-0.2, -0.15) is 13.2 Å². The first-order valence-corrected chi connectivity index (χ1v) is 9.76.